The van der Waals surface area contributed by atoms with E-state index in [9.17, 15) is 4.79 Å². The van der Waals surface area contributed by atoms with Gasteiger partial charge in [-0.15, -0.1) is 0 Å². The van der Waals surface area contributed by atoms with Crippen LogP contribution in [0.1, 0.15) is 25.0 Å². The smallest absolute Gasteiger partial charge is 0.162 e. The summed E-state index contributed by atoms with van der Waals surface area (Å²) in [6.07, 6.45) is 1.48. The highest BCUT2D eigenvalue weighted by Gasteiger charge is 2.05. The highest BCUT2D eigenvalue weighted by molar-refractivity contribution is 5.95. The summed E-state index contributed by atoms with van der Waals surface area (Å²) in [7, 11) is 0. The molecule has 130 valence electrons. The van der Waals surface area contributed by atoms with E-state index in [0.717, 1.165) is 17.5 Å². The van der Waals surface area contributed by atoms with Crippen LogP contribution in [0.5, 0.6) is 0 Å². The molecule has 0 bridgehead atoms. The SMILES string of the molecule is C=C(C)C(=O)Cc1ccc(-c2ccc(-c3ccc(CC)cc3)cc2)cc1. The van der Waals surface area contributed by atoms with Crippen molar-refractivity contribution in [2.45, 2.75) is 26.7 Å². The van der Waals surface area contributed by atoms with Crippen molar-refractivity contribution in [3.8, 4) is 22.3 Å². The van der Waals surface area contributed by atoms with Gasteiger partial charge in [-0.25, -0.2) is 0 Å². The lowest BCUT2D eigenvalue weighted by molar-refractivity contribution is -0.114. The third-order valence-corrected chi connectivity index (χ3v) is 4.71. The molecule has 0 aliphatic heterocycles. The summed E-state index contributed by atoms with van der Waals surface area (Å²) in [5.41, 5.74) is 7.78. The molecule has 0 heterocycles. The molecule has 1 nitrogen and oxygen atoms in total. The Hall–Kier alpha value is -2.93. The first kappa shape index (κ1) is 17.9. The van der Waals surface area contributed by atoms with Gasteiger partial charge in [0.25, 0.3) is 0 Å². The number of hydrogen-bond donors (Lipinski definition) is 0. The van der Waals surface area contributed by atoms with Crippen LogP contribution in [-0.4, -0.2) is 5.78 Å². The Morgan fingerprint density at radius 1 is 0.692 bits per heavy atom. The summed E-state index contributed by atoms with van der Waals surface area (Å²) in [4.78, 5) is 11.8. The molecule has 3 rings (SSSR count). The molecule has 0 saturated carbocycles. The molecular formula is C25H24O. The van der Waals surface area contributed by atoms with Crippen LogP contribution in [0.15, 0.2) is 84.9 Å². The Labute approximate surface area is 156 Å². The molecule has 0 amide bonds. The number of benzene rings is 3. The van der Waals surface area contributed by atoms with E-state index in [1.54, 1.807) is 6.92 Å². The van der Waals surface area contributed by atoms with Crippen molar-refractivity contribution in [1.82, 2.24) is 0 Å². The Morgan fingerprint density at radius 3 is 1.38 bits per heavy atom. The maximum Gasteiger partial charge on any atom is 0.162 e. The molecule has 0 saturated heterocycles. The van der Waals surface area contributed by atoms with Crippen molar-refractivity contribution in [1.29, 1.82) is 0 Å². The van der Waals surface area contributed by atoms with Crippen molar-refractivity contribution >= 4 is 5.78 Å². The quantitative estimate of drug-likeness (QED) is 0.483. The summed E-state index contributed by atoms with van der Waals surface area (Å²) >= 11 is 0. The lowest BCUT2D eigenvalue weighted by Crippen LogP contribution is -2.02. The van der Waals surface area contributed by atoms with Crippen molar-refractivity contribution in [2.75, 3.05) is 0 Å². The van der Waals surface area contributed by atoms with Crippen LogP contribution in [-0.2, 0) is 17.6 Å². The first-order chi connectivity index (χ1) is 12.6. The predicted molar refractivity (Wildman–Crippen MR) is 110 cm³/mol. The largest absolute Gasteiger partial charge is 0.294 e. The zero-order valence-corrected chi connectivity index (χ0v) is 15.5. The zero-order chi connectivity index (χ0) is 18.5. The monoisotopic (exact) mass is 340 g/mol. The molecule has 0 fully saturated rings. The van der Waals surface area contributed by atoms with Gasteiger partial charge < -0.3 is 0 Å². The minimum Gasteiger partial charge on any atom is -0.294 e. The van der Waals surface area contributed by atoms with Crippen LogP contribution in [0.3, 0.4) is 0 Å². The summed E-state index contributed by atoms with van der Waals surface area (Å²) in [5.74, 6) is 0.0937. The van der Waals surface area contributed by atoms with Crippen LogP contribution in [0.4, 0.5) is 0 Å². The fourth-order valence-corrected chi connectivity index (χ4v) is 2.94. The van der Waals surface area contributed by atoms with Gasteiger partial charge in [0.2, 0.25) is 0 Å². The van der Waals surface area contributed by atoms with Crippen molar-refractivity contribution in [3.05, 3.63) is 96.1 Å². The van der Waals surface area contributed by atoms with E-state index in [4.69, 9.17) is 0 Å². The minimum atomic E-state index is 0.0937. The molecule has 0 atom stereocenters. The number of rotatable bonds is 6. The zero-order valence-electron chi connectivity index (χ0n) is 15.5. The van der Waals surface area contributed by atoms with Gasteiger partial charge in [0.1, 0.15) is 0 Å². The third kappa shape index (κ3) is 4.18. The van der Waals surface area contributed by atoms with Gasteiger partial charge in [0.15, 0.2) is 5.78 Å². The summed E-state index contributed by atoms with van der Waals surface area (Å²) in [6.45, 7) is 7.64. The van der Waals surface area contributed by atoms with E-state index in [2.05, 4.69) is 74.2 Å². The second kappa shape index (κ2) is 7.97. The van der Waals surface area contributed by atoms with E-state index < -0.39 is 0 Å². The Kier molecular flexibility index (Phi) is 5.48. The molecule has 0 aliphatic carbocycles. The highest BCUT2D eigenvalue weighted by Crippen LogP contribution is 2.25. The molecule has 3 aromatic carbocycles. The van der Waals surface area contributed by atoms with Gasteiger partial charge in [-0.1, -0.05) is 86.3 Å². The van der Waals surface area contributed by atoms with Gasteiger partial charge >= 0.3 is 0 Å². The maximum absolute atomic E-state index is 11.8. The van der Waals surface area contributed by atoms with E-state index in [-0.39, 0.29) is 5.78 Å². The molecular weight excluding hydrogens is 316 g/mol. The maximum atomic E-state index is 11.8. The molecule has 0 spiro atoms. The highest BCUT2D eigenvalue weighted by atomic mass is 16.1. The van der Waals surface area contributed by atoms with E-state index in [1.165, 1.54) is 22.3 Å². The lowest BCUT2D eigenvalue weighted by atomic mass is 9.98. The molecule has 3 aromatic rings. The number of carbonyl (C=O) groups excluding carboxylic acids is 1. The molecule has 0 aromatic heterocycles. The van der Waals surface area contributed by atoms with E-state index >= 15 is 0 Å². The molecule has 0 N–H and O–H groups in total. The number of hydrogen-bond acceptors (Lipinski definition) is 1. The second-order valence-electron chi connectivity index (χ2n) is 6.71. The van der Waals surface area contributed by atoms with Crippen molar-refractivity contribution in [3.63, 3.8) is 0 Å². The van der Waals surface area contributed by atoms with Crippen molar-refractivity contribution < 1.29 is 4.79 Å². The Morgan fingerprint density at radius 2 is 1.04 bits per heavy atom. The fraction of sp³-hybridized carbons (Fsp3) is 0.160. The predicted octanol–water partition coefficient (Wildman–Crippen LogP) is 6.27. The standard InChI is InChI=1S/C25H24O/c1-4-19-5-9-21(10-6-19)23-13-15-24(16-14-23)22-11-7-20(8-12-22)17-25(26)18(2)3/h5-16H,2,4,17H2,1,3H3. The number of aryl methyl sites for hydroxylation is 1. The van der Waals surface area contributed by atoms with Gasteiger partial charge in [-0.3, -0.25) is 4.79 Å². The van der Waals surface area contributed by atoms with E-state index in [0.29, 0.717) is 12.0 Å². The van der Waals surface area contributed by atoms with Crippen LogP contribution < -0.4 is 0 Å². The van der Waals surface area contributed by atoms with Crippen LogP contribution in [0, 0.1) is 0 Å². The Balaban J connectivity index is 1.75. The van der Waals surface area contributed by atoms with Gasteiger partial charge in [-0.2, -0.15) is 0 Å². The first-order valence-electron chi connectivity index (χ1n) is 9.04. The lowest BCUT2D eigenvalue weighted by Gasteiger charge is -2.07. The normalized spacial score (nSPS) is 10.5. The van der Waals surface area contributed by atoms with Crippen LogP contribution >= 0.6 is 0 Å². The average molecular weight is 340 g/mol. The van der Waals surface area contributed by atoms with E-state index in [1.807, 2.05) is 12.1 Å². The minimum absolute atomic E-state index is 0.0937. The second-order valence-corrected chi connectivity index (χ2v) is 6.71. The van der Waals surface area contributed by atoms with Crippen LogP contribution in [0.25, 0.3) is 22.3 Å². The molecule has 26 heavy (non-hydrogen) atoms. The molecule has 0 aliphatic rings. The average Bonchev–Trinajstić information content (AvgIpc) is 2.69. The first-order valence-corrected chi connectivity index (χ1v) is 9.04. The molecule has 0 unspecified atom stereocenters. The van der Waals surface area contributed by atoms with Gasteiger partial charge in [-0.05, 0) is 52.3 Å². The summed E-state index contributed by atoms with van der Waals surface area (Å²) in [6, 6.07) is 25.6. The van der Waals surface area contributed by atoms with Crippen LogP contribution in [0.2, 0.25) is 0 Å². The number of ketones is 1. The Bertz CT molecular complexity index is 898. The third-order valence-electron chi connectivity index (χ3n) is 4.71. The summed E-state index contributed by atoms with van der Waals surface area (Å²) < 4.78 is 0. The molecule has 1 heteroatoms. The van der Waals surface area contributed by atoms with Gasteiger partial charge in [0, 0.05) is 6.42 Å². The van der Waals surface area contributed by atoms with Gasteiger partial charge in [0.05, 0.1) is 0 Å². The fourth-order valence-electron chi connectivity index (χ4n) is 2.94. The number of carbonyl (C=O) groups is 1. The van der Waals surface area contributed by atoms with Crippen molar-refractivity contribution in [2.24, 2.45) is 0 Å². The molecule has 0 radical (unpaired) electrons. The number of allylic oxidation sites excluding steroid dienone is 1. The topological polar surface area (TPSA) is 17.1 Å². The number of Topliss-reactive ketones (excluding diaryl/α,β-unsaturated/α-hetero) is 1. The summed E-state index contributed by atoms with van der Waals surface area (Å²) in [5, 5.41) is 0.